The van der Waals surface area contributed by atoms with Crippen LogP contribution in [0.15, 0.2) is 29.6 Å². The molecule has 0 spiro atoms. The van der Waals surface area contributed by atoms with Gasteiger partial charge in [0.25, 0.3) is 0 Å². The first-order valence-corrected chi connectivity index (χ1v) is 9.31. The van der Waals surface area contributed by atoms with Crippen molar-refractivity contribution in [3.05, 3.63) is 41.2 Å². The minimum absolute atomic E-state index is 0.00122. The van der Waals surface area contributed by atoms with Crippen LogP contribution in [0.5, 0.6) is 0 Å². The van der Waals surface area contributed by atoms with Gasteiger partial charge in [0.05, 0.1) is 30.3 Å². The number of hydrogen-bond donors (Lipinski definition) is 1. The summed E-state index contributed by atoms with van der Waals surface area (Å²) in [5.41, 5.74) is 0.674. The SMILES string of the molecule is CCOC(=O)Cc1csc(NC(=O)C2CC(=O)N(c3ccccc3F)C2)n1. The number of esters is 1. The van der Waals surface area contributed by atoms with Gasteiger partial charge in [-0.2, -0.15) is 0 Å². The van der Waals surface area contributed by atoms with Crippen molar-refractivity contribution in [2.24, 2.45) is 5.92 Å². The molecule has 1 N–H and O–H groups in total. The Morgan fingerprint density at radius 3 is 2.93 bits per heavy atom. The molecule has 1 aromatic carbocycles. The number of benzene rings is 1. The number of aromatic nitrogens is 1. The maximum Gasteiger partial charge on any atom is 0.311 e. The van der Waals surface area contributed by atoms with Crippen LogP contribution >= 0.6 is 11.3 Å². The van der Waals surface area contributed by atoms with E-state index in [1.165, 1.54) is 28.4 Å². The Morgan fingerprint density at radius 2 is 2.19 bits per heavy atom. The quantitative estimate of drug-likeness (QED) is 0.764. The summed E-state index contributed by atoms with van der Waals surface area (Å²) in [5, 5.41) is 4.67. The summed E-state index contributed by atoms with van der Waals surface area (Å²) in [4.78, 5) is 41.6. The van der Waals surface area contributed by atoms with Crippen LogP contribution in [0.3, 0.4) is 0 Å². The van der Waals surface area contributed by atoms with Crippen LogP contribution in [0.25, 0.3) is 0 Å². The predicted molar refractivity (Wildman–Crippen MR) is 97.9 cm³/mol. The zero-order chi connectivity index (χ0) is 19.4. The van der Waals surface area contributed by atoms with Crippen LogP contribution in [0.1, 0.15) is 19.0 Å². The first-order chi connectivity index (χ1) is 13.0. The van der Waals surface area contributed by atoms with E-state index in [4.69, 9.17) is 4.74 Å². The molecule has 1 unspecified atom stereocenters. The molecule has 142 valence electrons. The van der Waals surface area contributed by atoms with Crippen molar-refractivity contribution in [3.63, 3.8) is 0 Å². The van der Waals surface area contributed by atoms with Gasteiger partial charge in [0.2, 0.25) is 11.8 Å². The number of thiazole rings is 1. The average molecular weight is 391 g/mol. The van der Waals surface area contributed by atoms with Crippen LogP contribution in [0, 0.1) is 11.7 Å². The van der Waals surface area contributed by atoms with E-state index in [0.717, 1.165) is 0 Å². The summed E-state index contributed by atoms with van der Waals surface area (Å²) in [6.07, 6.45) is 0.0322. The number of nitrogens with zero attached hydrogens (tertiary/aromatic N) is 2. The summed E-state index contributed by atoms with van der Waals surface area (Å²) >= 11 is 1.19. The van der Waals surface area contributed by atoms with Gasteiger partial charge < -0.3 is 15.0 Å². The molecule has 0 radical (unpaired) electrons. The third kappa shape index (κ3) is 4.48. The van der Waals surface area contributed by atoms with E-state index in [2.05, 4.69) is 10.3 Å². The highest BCUT2D eigenvalue weighted by Crippen LogP contribution is 2.28. The number of amides is 2. The summed E-state index contributed by atoms with van der Waals surface area (Å²) < 4.78 is 18.8. The van der Waals surface area contributed by atoms with Crippen molar-refractivity contribution in [2.45, 2.75) is 19.8 Å². The van der Waals surface area contributed by atoms with Crippen LogP contribution in [0.2, 0.25) is 0 Å². The highest BCUT2D eigenvalue weighted by molar-refractivity contribution is 7.13. The number of para-hydroxylation sites is 1. The molecule has 1 aliphatic heterocycles. The van der Waals surface area contributed by atoms with Crippen LogP contribution in [-0.2, 0) is 25.5 Å². The first kappa shape index (κ1) is 19.0. The maximum atomic E-state index is 13.9. The van der Waals surface area contributed by atoms with Gasteiger partial charge in [-0.25, -0.2) is 9.37 Å². The Balaban J connectivity index is 1.61. The van der Waals surface area contributed by atoms with Crippen molar-refractivity contribution in [3.8, 4) is 0 Å². The van der Waals surface area contributed by atoms with Crippen LogP contribution in [0.4, 0.5) is 15.2 Å². The summed E-state index contributed by atoms with van der Waals surface area (Å²) in [6, 6.07) is 5.96. The fourth-order valence-corrected chi connectivity index (χ4v) is 3.51. The Bertz CT molecular complexity index is 870. The number of ether oxygens (including phenoxy) is 1. The lowest BCUT2D eigenvalue weighted by atomic mass is 10.1. The third-order valence-corrected chi connectivity index (χ3v) is 4.86. The number of nitrogens with one attached hydrogen (secondary N) is 1. The molecule has 2 aromatic rings. The molecule has 1 atom stereocenters. The number of hydrogen-bond acceptors (Lipinski definition) is 6. The van der Waals surface area contributed by atoms with Gasteiger partial charge in [0.1, 0.15) is 5.82 Å². The number of anilines is 2. The van der Waals surface area contributed by atoms with E-state index in [9.17, 15) is 18.8 Å². The average Bonchev–Trinajstić information content (AvgIpc) is 3.22. The molecule has 9 heteroatoms. The predicted octanol–water partition coefficient (Wildman–Crippen LogP) is 2.38. The van der Waals surface area contributed by atoms with Crippen molar-refractivity contribution >= 4 is 39.9 Å². The molecule has 0 bridgehead atoms. The van der Waals surface area contributed by atoms with Gasteiger partial charge >= 0.3 is 5.97 Å². The normalized spacial score (nSPS) is 16.4. The van der Waals surface area contributed by atoms with Crippen LogP contribution < -0.4 is 10.2 Å². The zero-order valence-electron chi connectivity index (χ0n) is 14.6. The van der Waals surface area contributed by atoms with E-state index < -0.39 is 11.7 Å². The van der Waals surface area contributed by atoms with E-state index in [1.807, 2.05) is 0 Å². The van der Waals surface area contributed by atoms with Crippen molar-refractivity contribution < 1.29 is 23.5 Å². The number of carbonyl (C=O) groups is 3. The molecule has 7 nitrogen and oxygen atoms in total. The van der Waals surface area contributed by atoms with Crippen molar-refractivity contribution in [1.29, 1.82) is 0 Å². The lowest BCUT2D eigenvalue weighted by Crippen LogP contribution is -2.28. The van der Waals surface area contributed by atoms with Gasteiger partial charge in [0, 0.05) is 18.3 Å². The molecule has 2 amide bonds. The van der Waals surface area contributed by atoms with Gasteiger partial charge in [-0.3, -0.25) is 14.4 Å². The molecule has 0 saturated carbocycles. The van der Waals surface area contributed by atoms with E-state index >= 15 is 0 Å². The second-order valence-corrected chi connectivity index (χ2v) is 6.83. The molecule has 27 heavy (non-hydrogen) atoms. The second kappa shape index (κ2) is 8.26. The molecule has 0 aliphatic carbocycles. The van der Waals surface area contributed by atoms with Gasteiger partial charge in [-0.15, -0.1) is 11.3 Å². The molecule has 1 saturated heterocycles. The molecule has 3 rings (SSSR count). The molecular weight excluding hydrogens is 373 g/mol. The fraction of sp³-hybridized carbons (Fsp3) is 0.333. The Hall–Kier alpha value is -2.81. The lowest BCUT2D eigenvalue weighted by molar-refractivity contribution is -0.142. The Morgan fingerprint density at radius 1 is 1.41 bits per heavy atom. The summed E-state index contributed by atoms with van der Waals surface area (Å²) in [6.45, 7) is 2.12. The molecule has 1 aromatic heterocycles. The number of halogens is 1. The summed E-state index contributed by atoms with van der Waals surface area (Å²) in [7, 11) is 0. The van der Waals surface area contributed by atoms with Crippen LogP contribution in [-0.4, -0.2) is 35.9 Å². The maximum absolute atomic E-state index is 13.9. The van der Waals surface area contributed by atoms with E-state index in [1.54, 1.807) is 24.4 Å². The first-order valence-electron chi connectivity index (χ1n) is 8.43. The minimum atomic E-state index is -0.602. The van der Waals surface area contributed by atoms with Crippen molar-refractivity contribution in [1.82, 2.24) is 4.98 Å². The molecular formula is C18H18FN3O4S. The Labute approximate surface area is 159 Å². The topological polar surface area (TPSA) is 88.6 Å². The second-order valence-electron chi connectivity index (χ2n) is 5.97. The largest absolute Gasteiger partial charge is 0.466 e. The van der Waals surface area contributed by atoms with Crippen molar-refractivity contribution in [2.75, 3.05) is 23.4 Å². The molecule has 1 fully saturated rings. The standard InChI is InChI=1S/C18H18FN3O4S/c1-2-26-16(24)8-12-10-27-18(20-12)21-17(25)11-7-15(23)22(9-11)14-6-4-3-5-13(14)19/h3-6,10-11H,2,7-9H2,1H3,(H,20,21,25). The van der Waals surface area contributed by atoms with Gasteiger partial charge in [0.15, 0.2) is 5.13 Å². The van der Waals surface area contributed by atoms with Gasteiger partial charge in [-0.05, 0) is 19.1 Å². The number of rotatable bonds is 6. The summed E-state index contributed by atoms with van der Waals surface area (Å²) in [5.74, 6) is -2.16. The lowest BCUT2D eigenvalue weighted by Gasteiger charge is -2.17. The molecule has 1 aliphatic rings. The Kier molecular flexibility index (Phi) is 5.80. The highest BCUT2D eigenvalue weighted by Gasteiger charge is 2.36. The zero-order valence-corrected chi connectivity index (χ0v) is 15.4. The van der Waals surface area contributed by atoms with E-state index in [-0.39, 0.29) is 42.9 Å². The van der Waals surface area contributed by atoms with E-state index in [0.29, 0.717) is 17.4 Å². The smallest absolute Gasteiger partial charge is 0.311 e. The molecule has 2 heterocycles. The minimum Gasteiger partial charge on any atom is -0.466 e. The van der Waals surface area contributed by atoms with Gasteiger partial charge in [-0.1, -0.05) is 12.1 Å². The number of carbonyl (C=O) groups excluding carboxylic acids is 3. The fourth-order valence-electron chi connectivity index (χ4n) is 2.80. The third-order valence-electron chi connectivity index (χ3n) is 4.05. The monoisotopic (exact) mass is 391 g/mol. The highest BCUT2D eigenvalue weighted by atomic mass is 32.1.